The lowest BCUT2D eigenvalue weighted by Crippen LogP contribution is -2.04. The average Bonchev–Trinajstić information content (AvgIpc) is 3.01. The standard InChI is InChI=1S/C12H15NO3/c13-11-7-9(3-4-10(11)12(14)15)16-6-5-8-1-2-8/h3-4,7-8H,1-2,5-6,13H2,(H,14,15). The van der Waals surface area contributed by atoms with Gasteiger partial charge < -0.3 is 15.6 Å². The molecule has 1 aromatic rings. The first-order valence-corrected chi connectivity index (χ1v) is 5.42. The molecule has 3 N–H and O–H groups in total. The van der Waals surface area contributed by atoms with Crippen molar-refractivity contribution in [1.82, 2.24) is 0 Å². The molecular formula is C12H15NO3. The molecule has 4 nitrogen and oxygen atoms in total. The Morgan fingerprint density at radius 3 is 2.81 bits per heavy atom. The lowest BCUT2D eigenvalue weighted by atomic mass is 10.2. The van der Waals surface area contributed by atoms with E-state index in [0.29, 0.717) is 12.4 Å². The van der Waals surface area contributed by atoms with E-state index in [1.54, 1.807) is 12.1 Å². The van der Waals surface area contributed by atoms with Crippen molar-refractivity contribution in [3.05, 3.63) is 23.8 Å². The molecule has 0 atom stereocenters. The minimum atomic E-state index is -1.01. The minimum absolute atomic E-state index is 0.120. The topological polar surface area (TPSA) is 72.5 Å². The van der Waals surface area contributed by atoms with E-state index < -0.39 is 5.97 Å². The fourth-order valence-corrected chi connectivity index (χ4v) is 1.58. The van der Waals surface area contributed by atoms with Crippen LogP contribution in [0.5, 0.6) is 5.75 Å². The summed E-state index contributed by atoms with van der Waals surface area (Å²) >= 11 is 0. The highest BCUT2D eigenvalue weighted by atomic mass is 16.5. The van der Waals surface area contributed by atoms with Crippen molar-refractivity contribution in [1.29, 1.82) is 0 Å². The third-order valence-corrected chi connectivity index (χ3v) is 2.75. The molecule has 0 heterocycles. The smallest absolute Gasteiger partial charge is 0.337 e. The molecule has 4 heteroatoms. The fourth-order valence-electron chi connectivity index (χ4n) is 1.58. The van der Waals surface area contributed by atoms with Gasteiger partial charge in [0.25, 0.3) is 0 Å². The van der Waals surface area contributed by atoms with Crippen LogP contribution in [0.1, 0.15) is 29.6 Å². The van der Waals surface area contributed by atoms with E-state index in [1.165, 1.54) is 18.9 Å². The van der Waals surface area contributed by atoms with Crippen molar-refractivity contribution in [2.75, 3.05) is 12.3 Å². The Morgan fingerprint density at radius 1 is 1.50 bits per heavy atom. The summed E-state index contributed by atoms with van der Waals surface area (Å²) in [7, 11) is 0. The zero-order chi connectivity index (χ0) is 11.5. The minimum Gasteiger partial charge on any atom is -0.494 e. The average molecular weight is 221 g/mol. The summed E-state index contributed by atoms with van der Waals surface area (Å²) < 4.78 is 5.50. The SMILES string of the molecule is Nc1cc(OCCC2CC2)ccc1C(=O)O. The van der Waals surface area contributed by atoms with Crippen molar-refractivity contribution in [3.63, 3.8) is 0 Å². The van der Waals surface area contributed by atoms with Crippen LogP contribution < -0.4 is 10.5 Å². The van der Waals surface area contributed by atoms with E-state index in [0.717, 1.165) is 12.3 Å². The lowest BCUT2D eigenvalue weighted by Gasteiger charge is -2.07. The first-order valence-electron chi connectivity index (χ1n) is 5.42. The van der Waals surface area contributed by atoms with Gasteiger partial charge in [-0.25, -0.2) is 4.79 Å². The van der Waals surface area contributed by atoms with Crippen LogP contribution in [0, 0.1) is 5.92 Å². The molecule has 2 rings (SSSR count). The first kappa shape index (κ1) is 10.8. The molecule has 1 fully saturated rings. The quantitative estimate of drug-likeness (QED) is 0.747. The summed E-state index contributed by atoms with van der Waals surface area (Å²) in [5, 5.41) is 8.79. The third kappa shape index (κ3) is 2.66. The molecule has 1 aromatic carbocycles. The van der Waals surface area contributed by atoms with E-state index >= 15 is 0 Å². The second-order valence-corrected chi connectivity index (χ2v) is 4.13. The number of ether oxygens (including phenoxy) is 1. The molecule has 16 heavy (non-hydrogen) atoms. The Morgan fingerprint density at radius 2 is 2.25 bits per heavy atom. The molecule has 1 aliphatic carbocycles. The molecule has 1 aliphatic rings. The van der Waals surface area contributed by atoms with Gasteiger partial charge in [0.2, 0.25) is 0 Å². The number of carbonyl (C=O) groups is 1. The van der Waals surface area contributed by atoms with Crippen molar-refractivity contribution in [2.45, 2.75) is 19.3 Å². The Balaban J connectivity index is 1.93. The van der Waals surface area contributed by atoms with Gasteiger partial charge in [-0.3, -0.25) is 0 Å². The van der Waals surface area contributed by atoms with Crippen LogP contribution in [0.2, 0.25) is 0 Å². The van der Waals surface area contributed by atoms with Crippen molar-refractivity contribution >= 4 is 11.7 Å². The van der Waals surface area contributed by atoms with Gasteiger partial charge in [-0.05, 0) is 24.5 Å². The van der Waals surface area contributed by atoms with Gasteiger partial charge in [-0.1, -0.05) is 12.8 Å². The molecule has 0 bridgehead atoms. The number of aromatic carboxylic acids is 1. The molecule has 86 valence electrons. The van der Waals surface area contributed by atoms with Gasteiger partial charge in [0.1, 0.15) is 5.75 Å². The number of carboxylic acid groups (broad SMARTS) is 1. The molecular weight excluding hydrogens is 206 g/mol. The summed E-state index contributed by atoms with van der Waals surface area (Å²) in [4.78, 5) is 10.7. The normalized spacial score (nSPS) is 14.8. The van der Waals surface area contributed by atoms with Crippen LogP contribution >= 0.6 is 0 Å². The summed E-state index contributed by atoms with van der Waals surface area (Å²) in [5.41, 5.74) is 5.97. The molecule has 0 amide bonds. The van der Waals surface area contributed by atoms with Crippen LogP contribution in [0.3, 0.4) is 0 Å². The lowest BCUT2D eigenvalue weighted by molar-refractivity contribution is 0.0698. The van der Waals surface area contributed by atoms with E-state index in [-0.39, 0.29) is 11.3 Å². The summed E-state index contributed by atoms with van der Waals surface area (Å²) in [5.74, 6) is 0.459. The summed E-state index contributed by atoms with van der Waals surface area (Å²) in [6, 6.07) is 4.69. The Kier molecular flexibility index (Phi) is 2.99. The van der Waals surface area contributed by atoms with E-state index in [1.807, 2.05) is 0 Å². The molecule has 0 unspecified atom stereocenters. The third-order valence-electron chi connectivity index (χ3n) is 2.75. The molecule has 0 aromatic heterocycles. The van der Waals surface area contributed by atoms with E-state index in [2.05, 4.69) is 0 Å². The monoisotopic (exact) mass is 221 g/mol. The number of carboxylic acids is 1. The zero-order valence-corrected chi connectivity index (χ0v) is 8.98. The second-order valence-electron chi connectivity index (χ2n) is 4.13. The van der Waals surface area contributed by atoms with Gasteiger partial charge in [-0.2, -0.15) is 0 Å². The highest BCUT2D eigenvalue weighted by Gasteiger charge is 2.20. The van der Waals surface area contributed by atoms with Crippen molar-refractivity contribution < 1.29 is 14.6 Å². The predicted molar refractivity (Wildman–Crippen MR) is 60.6 cm³/mol. The maximum atomic E-state index is 10.7. The number of hydrogen-bond acceptors (Lipinski definition) is 3. The number of anilines is 1. The molecule has 0 aliphatic heterocycles. The number of benzene rings is 1. The number of nitrogens with two attached hydrogens (primary N) is 1. The van der Waals surface area contributed by atoms with Gasteiger partial charge in [0.05, 0.1) is 12.2 Å². The Bertz CT molecular complexity index is 399. The molecule has 1 saturated carbocycles. The first-order chi connectivity index (χ1) is 7.66. The van der Waals surface area contributed by atoms with Crippen LogP contribution in [-0.4, -0.2) is 17.7 Å². The molecule has 0 saturated heterocycles. The number of rotatable bonds is 5. The molecule has 0 radical (unpaired) electrons. The van der Waals surface area contributed by atoms with Crippen LogP contribution in [0.25, 0.3) is 0 Å². The van der Waals surface area contributed by atoms with Gasteiger partial charge >= 0.3 is 5.97 Å². The zero-order valence-electron chi connectivity index (χ0n) is 8.98. The Labute approximate surface area is 94.0 Å². The largest absolute Gasteiger partial charge is 0.494 e. The molecule has 0 spiro atoms. The van der Waals surface area contributed by atoms with Crippen molar-refractivity contribution in [3.8, 4) is 5.75 Å². The summed E-state index contributed by atoms with van der Waals surface area (Å²) in [6.45, 7) is 0.677. The van der Waals surface area contributed by atoms with Crippen LogP contribution in [-0.2, 0) is 0 Å². The van der Waals surface area contributed by atoms with Gasteiger partial charge in [-0.15, -0.1) is 0 Å². The Hall–Kier alpha value is -1.71. The fraction of sp³-hybridized carbons (Fsp3) is 0.417. The summed E-state index contributed by atoms with van der Waals surface area (Å²) in [6.07, 6.45) is 3.69. The number of nitrogen functional groups attached to an aromatic ring is 1. The highest BCUT2D eigenvalue weighted by Crippen LogP contribution is 2.32. The number of hydrogen-bond donors (Lipinski definition) is 2. The van der Waals surface area contributed by atoms with Gasteiger partial charge in [0.15, 0.2) is 0 Å². The van der Waals surface area contributed by atoms with Crippen molar-refractivity contribution in [2.24, 2.45) is 5.92 Å². The predicted octanol–water partition coefficient (Wildman–Crippen LogP) is 2.15. The van der Waals surface area contributed by atoms with Crippen LogP contribution in [0.15, 0.2) is 18.2 Å². The maximum Gasteiger partial charge on any atom is 0.337 e. The highest BCUT2D eigenvalue weighted by molar-refractivity contribution is 5.93. The van der Waals surface area contributed by atoms with Gasteiger partial charge in [0, 0.05) is 11.8 Å². The maximum absolute atomic E-state index is 10.7. The van der Waals surface area contributed by atoms with Crippen LogP contribution in [0.4, 0.5) is 5.69 Å². The van der Waals surface area contributed by atoms with E-state index in [4.69, 9.17) is 15.6 Å². The van der Waals surface area contributed by atoms with E-state index in [9.17, 15) is 4.79 Å². The second kappa shape index (κ2) is 4.43.